The Morgan fingerprint density at radius 1 is 1.50 bits per heavy atom. The molecule has 3 heteroatoms. The van der Waals surface area contributed by atoms with Gasteiger partial charge in [0.25, 0.3) is 0 Å². The van der Waals surface area contributed by atoms with E-state index in [1.807, 2.05) is 0 Å². The summed E-state index contributed by atoms with van der Waals surface area (Å²) in [6.45, 7) is 0.166. The van der Waals surface area contributed by atoms with Gasteiger partial charge in [0.05, 0.1) is 0 Å². The van der Waals surface area contributed by atoms with Crippen LogP contribution >= 0.6 is 0 Å². The predicted molar refractivity (Wildman–Crippen MR) is 24.0 cm³/mol. The molecule has 0 N–H and O–H groups in total. The molecule has 3 nitrogen and oxygen atoms in total. The minimum Gasteiger partial charge on any atom is -0.436 e. The number of esters is 1. The average Bonchev–Trinajstić information content (AvgIpc) is 2.39. The standard InChI is InChI=1S/C5H6O3/c6-4-5(1-2-5)8-3-7-4/h1-3H2. The number of carbonyl (C=O) groups excluding carboxylic acids is 1. The number of rotatable bonds is 0. The highest BCUT2D eigenvalue weighted by molar-refractivity contribution is 5.83. The molecule has 2 aliphatic rings. The second kappa shape index (κ2) is 1.05. The van der Waals surface area contributed by atoms with Crippen molar-refractivity contribution in [3.05, 3.63) is 0 Å². The third-order valence-electron chi connectivity index (χ3n) is 1.60. The van der Waals surface area contributed by atoms with Crippen LogP contribution in [0, 0.1) is 0 Å². The van der Waals surface area contributed by atoms with Crippen LogP contribution in [-0.4, -0.2) is 18.4 Å². The number of carbonyl (C=O) groups is 1. The highest BCUT2D eigenvalue weighted by Crippen LogP contribution is 2.43. The maximum Gasteiger partial charge on any atom is 0.340 e. The number of cyclic esters (lactones) is 1. The Balaban J connectivity index is 2.23. The maximum absolute atomic E-state index is 10.6. The second-order valence-corrected chi connectivity index (χ2v) is 2.19. The van der Waals surface area contributed by atoms with Crippen molar-refractivity contribution in [2.24, 2.45) is 0 Å². The summed E-state index contributed by atoms with van der Waals surface area (Å²) in [5.41, 5.74) is -0.458. The van der Waals surface area contributed by atoms with Crippen molar-refractivity contribution in [2.75, 3.05) is 6.79 Å². The van der Waals surface area contributed by atoms with E-state index in [2.05, 4.69) is 4.74 Å². The summed E-state index contributed by atoms with van der Waals surface area (Å²) in [6.07, 6.45) is 1.71. The molecule has 44 valence electrons. The monoisotopic (exact) mass is 114 g/mol. The highest BCUT2D eigenvalue weighted by Gasteiger charge is 2.56. The minimum absolute atomic E-state index is 0.166. The lowest BCUT2D eigenvalue weighted by Crippen LogP contribution is -2.16. The van der Waals surface area contributed by atoms with Crippen LogP contribution in [0.25, 0.3) is 0 Å². The van der Waals surface area contributed by atoms with Crippen LogP contribution in [0.15, 0.2) is 0 Å². The van der Waals surface area contributed by atoms with Gasteiger partial charge in [0.1, 0.15) is 0 Å². The summed E-state index contributed by atoms with van der Waals surface area (Å²) >= 11 is 0. The first-order valence-electron chi connectivity index (χ1n) is 2.65. The highest BCUT2D eigenvalue weighted by atomic mass is 16.7. The first-order chi connectivity index (χ1) is 3.83. The zero-order valence-electron chi connectivity index (χ0n) is 4.35. The van der Waals surface area contributed by atoms with Crippen LogP contribution in [0.5, 0.6) is 0 Å². The maximum atomic E-state index is 10.6. The van der Waals surface area contributed by atoms with Crippen molar-refractivity contribution in [1.82, 2.24) is 0 Å². The smallest absolute Gasteiger partial charge is 0.340 e. The molecular formula is C5H6O3. The number of ether oxygens (including phenoxy) is 2. The molecule has 0 atom stereocenters. The quantitative estimate of drug-likeness (QED) is 0.417. The Labute approximate surface area is 46.6 Å². The third kappa shape index (κ3) is 0.351. The van der Waals surface area contributed by atoms with Gasteiger partial charge in [-0.25, -0.2) is 4.79 Å². The van der Waals surface area contributed by atoms with Crippen molar-refractivity contribution in [2.45, 2.75) is 18.4 Å². The van der Waals surface area contributed by atoms with Gasteiger partial charge in [0, 0.05) is 0 Å². The van der Waals surface area contributed by atoms with E-state index >= 15 is 0 Å². The van der Waals surface area contributed by atoms with E-state index in [4.69, 9.17) is 4.74 Å². The topological polar surface area (TPSA) is 35.5 Å². The normalized spacial score (nSPS) is 30.8. The van der Waals surface area contributed by atoms with E-state index < -0.39 is 5.60 Å². The molecule has 1 saturated heterocycles. The second-order valence-electron chi connectivity index (χ2n) is 2.19. The SMILES string of the molecule is O=C1OCOC12CC2. The summed E-state index contributed by atoms with van der Waals surface area (Å²) < 4.78 is 9.56. The molecule has 2 rings (SSSR count). The van der Waals surface area contributed by atoms with E-state index in [1.54, 1.807) is 0 Å². The van der Waals surface area contributed by atoms with E-state index in [0.29, 0.717) is 0 Å². The molecule has 1 heterocycles. The Hall–Kier alpha value is -0.570. The first-order valence-corrected chi connectivity index (χ1v) is 2.65. The molecule has 0 aromatic rings. The molecule has 0 radical (unpaired) electrons. The molecule has 0 unspecified atom stereocenters. The van der Waals surface area contributed by atoms with Crippen LogP contribution in [0.2, 0.25) is 0 Å². The third-order valence-corrected chi connectivity index (χ3v) is 1.60. The summed E-state index contributed by atoms with van der Waals surface area (Å²) in [6, 6.07) is 0. The Morgan fingerprint density at radius 2 is 2.25 bits per heavy atom. The van der Waals surface area contributed by atoms with E-state index in [1.165, 1.54) is 0 Å². The Morgan fingerprint density at radius 3 is 2.50 bits per heavy atom. The molecule has 1 saturated carbocycles. The zero-order valence-corrected chi connectivity index (χ0v) is 4.35. The van der Waals surface area contributed by atoms with E-state index in [-0.39, 0.29) is 12.8 Å². The van der Waals surface area contributed by atoms with Crippen LogP contribution in [0.1, 0.15) is 12.8 Å². The van der Waals surface area contributed by atoms with Gasteiger partial charge in [0.2, 0.25) is 0 Å². The Bertz CT molecular complexity index is 137. The molecule has 0 aromatic carbocycles. The zero-order chi connectivity index (χ0) is 5.61. The molecule has 0 aromatic heterocycles. The molecule has 2 fully saturated rings. The molecular weight excluding hydrogens is 108 g/mol. The molecule has 8 heavy (non-hydrogen) atoms. The largest absolute Gasteiger partial charge is 0.436 e. The van der Waals surface area contributed by atoms with Crippen molar-refractivity contribution >= 4 is 5.97 Å². The molecule has 0 amide bonds. The Kier molecular flexibility index (Phi) is 0.568. The molecule has 1 aliphatic heterocycles. The van der Waals surface area contributed by atoms with Gasteiger partial charge in [-0.15, -0.1) is 0 Å². The number of hydrogen-bond donors (Lipinski definition) is 0. The summed E-state index contributed by atoms with van der Waals surface area (Å²) in [5, 5.41) is 0. The fraction of sp³-hybridized carbons (Fsp3) is 0.800. The lowest BCUT2D eigenvalue weighted by Gasteiger charge is -1.93. The van der Waals surface area contributed by atoms with Gasteiger partial charge >= 0.3 is 5.97 Å². The van der Waals surface area contributed by atoms with Crippen LogP contribution in [-0.2, 0) is 14.3 Å². The molecule has 0 bridgehead atoms. The van der Waals surface area contributed by atoms with Crippen LogP contribution in [0.4, 0.5) is 0 Å². The lowest BCUT2D eigenvalue weighted by atomic mass is 10.4. The molecule has 1 spiro atoms. The summed E-state index contributed by atoms with van der Waals surface area (Å²) in [7, 11) is 0. The van der Waals surface area contributed by atoms with Gasteiger partial charge < -0.3 is 9.47 Å². The van der Waals surface area contributed by atoms with Gasteiger partial charge in [-0.05, 0) is 12.8 Å². The van der Waals surface area contributed by atoms with Crippen molar-refractivity contribution in [1.29, 1.82) is 0 Å². The van der Waals surface area contributed by atoms with E-state index in [0.717, 1.165) is 12.8 Å². The fourth-order valence-electron chi connectivity index (χ4n) is 0.848. The van der Waals surface area contributed by atoms with Crippen molar-refractivity contribution in [3.8, 4) is 0 Å². The van der Waals surface area contributed by atoms with Gasteiger partial charge in [0.15, 0.2) is 12.4 Å². The van der Waals surface area contributed by atoms with Crippen molar-refractivity contribution < 1.29 is 14.3 Å². The average molecular weight is 114 g/mol. The number of hydrogen-bond acceptors (Lipinski definition) is 3. The summed E-state index contributed by atoms with van der Waals surface area (Å²) in [5.74, 6) is -0.169. The lowest BCUT2D eigenvalue weighted by molar-refractivity contribution is -0.140. The van der Waals surface area contributed by atoms with Crippen molar-refractivity contribution in [3.63, 3.8) is 0 Å². The minimum atomic E-state index is -0.458. The van der Waals surface area contributed by atoms with Crippen LogP contribution < -0.4 is 0 Å². The predicted octanol–water partition coefficient (Wildman–Crippen LogP) is 0.0499. The van der Waals surface area contributed by atoms with E-state index in [9.17, 15) is 4.79 Å². The van der Waals surface area contributed by atoms with Crippen LogP contribution in [0.3, 0.4) is 0 Å². The van der Waals surface area contributed by atoms with Gasteiger partial charge in [-0.3, -0.25) is 0 Å². The van der Waals surface area contributed by atoms with Gasteiger partial charge in [-0.2, -0.15) is 0 Å². The molecule has 1 aliphatic carbocycles. The first kappa shape index (κ1) is 4.32. The summed E-state index contributed by atoms with van der Waals surface area (Å²) in [4.78, 5) is 10.6. The van der Waals surface area contributed by atoms with Gasteiger partial charge in [-0.1, -0.05) is 0 Å². The fourth-order valence-corrected chi connectivity index (χ4v) is 0.848.